The van der Waals surface area contributed by atoms with Crippen LogP contribution in [0.1, 0.15) is 18.5 Å². The van der Waals surface area contributed by atoms with E-state index in [-0.39, 0.29) is 5.91 Å². The van der Waals surface area contributed by atoms with Crippen LogP contribution in [0.25, 0.3) is 0 Å². The lowest BCUT2D eigenvalue weighted by molar-refractivity contribution is -0.133. The number of benzene rings is 1. The summed E-state index contributed by atoms with van der Waals surface area (Å²) in [4.78, 5) is 17.9. The maximum atomic E-state index is 12.4. The van der Waals surface area contributed by atoms with E-state index in [2.05, 4.69) is 10.1 Å². The van der Waals surface area contributed by atoms with Crippen LogP contribution in [0.3, 0.4) is 0 Å². The van der Waals surface area contributed by atoms with Crippen molar-refractivity contribution in [3.05, 3.63) is 36.4 Å². The maximum absolute atomic E-state index is 12.4. The number of likely N-dealkylation sites (N-methyl/N-ethyl adjacent to an activating group) is 1. The second-order valence-corrected chi connectivity index (χ2v) is 4.94. The molecule has 1 aromatic heterocycles. The lowest BCUT2D eigenvalue weighted by Gasteiger charge is -2.22. The van der Waals surface area contributed by atoms with E-state index < -0.39 is 6.04 Å². The molecule has 22 heavy (non-hydrogen) atoms. The molecule has 1 atom stereocenters. The first-order chi connectivity index (χ1) is 10.6. The molecule has 2 aromatic rings. The van der Waals surface area contributed by atoms with Crippen molar-refractivity contribution in [2.24, 2.45) is 0 Å². The Bertz CT molecular complexity index is 628. The summed E-state index contributed by atoms with van der Waals surface area (Å²) in [6.45, 7) is 2.26. The van der Waals surface area contributed by atoms with Crippen molar-refractivity contribution in [2.75, 3.05) is 21.3 Å². The van der Waals surface area contributed by atoms with Crippen LogP contribution in [0.4, 0.5) is 0 Å². The summed E-state index contributed by atoms with van der Waals surface area (Å²) in [5.74, 6) is 1.27. The van der Waals surface area contributed by atoms with Gasteiger partial charge in [-0.15, -0.1) is 0 Å². The van der Waals surface area contributed by atoms with E-state index in [0.29, 0.717) is 18.0 Å². The molecule has 0 aliphatic rings. The third-order valence-electron chi connectivity index (χ3n) is 3.43. The van der Waals surface area contributed by atoms with E-state index >= 15 is 0 Å². The molecular formula is C15H20N4O3. The third kappa shape index (κ3) is 3.36. The molecule has 1 heterocycles. The van der Waals surface area contributed by atoms with Crippen molar-refractivity contribution in [3.63, 3.8) is 0 Å². The average molecular weight is 304 g/mol. The quantitative estimate of drug-likeness (QED) is 0.809. The van der Waals surface area contributed by atoms with Crippen molar-refractivity contribution >= 4 is 5.91 Å². The summed E-state index contributed by atoms with van der Waals surface area (Å²) in [5.41, 5.74) is 0.958. The number of ether oxygens (including phenoxy) is 2. The number of carbonyl (C=O) groups excluding carboxylic acids is 1. The zero-order valence-corrected chi connectivity index (χ0v) is 13.2. The molecule has 1 aromatic carbocycles. The van der Waals surface area contributed by atoms with Gasteiger partial charge in [-0.3, -0.25) is 4.79 Å². The van der Waals surface area contributed by atoms with Crippen molar-refractivity contribution in [3.8, 4) is 11.5 Å². The molecule has 0 aliphatic heterocycles. The van der Waals surface area contributed by atoms with E-state index in [1.54, 1.807) is 33.1 Å². The Morgan fingerprint density at radius 1 is 1.32 bits per heavy atom. The molecular weight excluding hydrogens is 284 g/mol. The molecule has 0 spiro atoms. The highest BCUT2D eigenvalue weighted by atomic mass is 16.5. The number of carbonyl (C=O) groups is 1. The molecule has 0 saturated carbocycles. The van der Waals surface area contributed by atoms with Gasteiger partial charge in [0.1, 0.15) is 18.7 Å². The summed E-state index contributed by atoms with van der Waals surface area (Å²) in [6.07, 6.45) is 2.95. The van der Waals surface area contributed by atoms with Gasteiger partial charge in [-0.2, -0.15) is 5.10 Å². The van der Waals surface area contributed by atoms with Gasteiger partial charge in [-0.05, 0) is 24.6 Å². The monoisotopic (exact) mass is 304 g/mol. The van der Waals surface area contributed by atoms with Crippen molar-refractivity contribution in [1.29, 1.82) is 0 Å². The van der Waals surface area contributed by atoms with Crippen molar-refractivity contribution in [1.82, 2.24) is 19.7 Å². The number of hydrogen-bond acceptors (Lipinski definition) is 5. The second kappa shape index (κ2) is 6.93. The van der Waals surface area contributed by atoms with Gasteiger partial charge in [0.25, 0.3) is 0 Å². The van der Waals surface area contributed by atoms with Crippen LogP contribution in [0.15, 0.2) is 30.9 Å². The zero-order chi connectivity index (χ0) is 16.1. The van der Waals surface area contributed by atoms with Crippen LogP contribution in [-0.4, -0.2) is 46.8 Å². The molecule has 7 heteroatoms. The van der Waals surface area contributed by atoms with Crippen LogP contribution < -0.4 is 9.47 Å². The molecule has 0 bridgehead atoms. The highest BCUT2D eigenvalue weighted by molar-refractivity contribution is 5.79. The summed E-state index contributed by atoms with van der Waals surface area (Å²) in [5, 5.41) is 4.00. The largest absolute Gasteiger partial charge is 0.493 e. The lowest BCUT2D eigenvalue weighted by atomic mass is 10.1. The van der Waals surface area contributed by atoms with E-state index in [4.69, 9.17) is 9.47 Å². The number of nitrogens with zero attached hydrogens (tertiary/aromatic N) is 4. The van der Waals surface area contributed by atoms with Crippen LogP contribution in [0.2, 0.25) is 0 Å². The minimum atomic E-state index is -0.396. The first-order valence-electron chi connectivity index (χ1n) is 6.86. The van der Waals surface area contributed by atoms with Gasteiger partial charge in [0.05, 0.1) is 14.2 Å². The molecule has 118 valence electrons. The fourth-order valence-electron chi connectivity index (χ4n) is 2.18. The zero-order valence-electron chi connectivity index (χ0n) is 13.2. The fraction of sp³-hybridized carbons (Fsp3) is 0.400. The minimum absolute atomic E-state index is 0.0414. The molecule has 0 N–H and O–H groups in total. The fourth-order valence-corrected chi connectivity index (χ4v) is 2.18. The first-order valence-corrected chi connectivity index (χ1v) is 6.86. The van der Waals surface area contributed by atoms with Crippen LogP contribution in [-0.2, 0) is 11.3 Å². The van der Waals surface area contributed by atoms with Crippen LogP contribution in [0, 0.1) is 0 Å². The van der Waals surface area contributed by atoms with E-state index in [9.17, 15) is 4.79 Å². The summed E-state index contributed by atoms with van der Waals surface area (Å²) >= 11 is 0. The Morgan fingerprint density at radius 3 is 2.64 bits per heavy atom. The Labute approximate surface area is 129 Å². The Kier molecular flexibility index (Phi) is 4.98. The van der Waals surface area contributed by atoms with Crippen LogP contribution >= 0.6 is 0 Å². The number of aromatic nitrogens is 3. The van der Waals surface area contributed by atoms with Gasteiger partial charge < -0.3 is 14.4 Å². The Hall–Kier alpha value is -2.57. The van der Waals surface area contributed by atoms with Crippen molar-refractivity contribution < 1.29 is 14.3 Å². The molecule has 1 unspecified atom stereocenters. The number of amides is 1. The van der Waals surface area contributed by atoms with Gasteiger partial charge in [-0.25, -0.2) is 9.67 Å². The summed E-state index contributed by atoms with van der Waals surface area (Å²) in [7, 11) is 4.93. The standard InChI is InChI=1S/C15H20N4O3/c1-11(19-10-16-9-17-19)15(20)18(2)8-12-5-6-13(21-3)14(7-12)22-4/h5-7,9-11H,8H2,1-4H3. The Balaban J connectivity index is 2.08. The van der Waals surface area contributed by atoms with E-state index in [1.165, 1.54) is 17.3 Å². The van der Waals surface area contributed by atoms with Gasteiger partial charge in [-0.1, -0.05) is 6.07 Å². The maximum Gasteiger partial charge on any atom is 0.247 e. The predicted octanol–water partition coefficient (Wildman–Crippen LogP) is 1.51. The third-order valence-corrected chi connectivity index (χ3v) is 3.43. The van der Waals surface area contributed by atoms with E-state index in [1.807, 2.05) is 18.2 Å². The first kappa shape index (κ1) is 15.8. The lowest BCUT2D eigenvalue weighted by Crippen LogP contribution is -2.33. The minimum Gasteiger partial charge on any atom is -0.493 e. The highest BCUT2D eigenvalue weighted by Crippen LogP contribution is 2.28. The molecule has 2 rings (SSSR count). The smallest absolute Gasteiger partial charge is 0.247 e. The molecule has 0 fully saturated rings. The van der Waals surface area contributed by atoms with Gasteiger partial charge >= 0.3 is 0 Å². The van der Waals surface area contributed by atoms with Crippen molar-refractivity contribution in [2.45, 2.75) is 19.5 Å². The predicted molar refractivity (Wildman–Crippen MR) is 80.8 cm³/mol. The Morgan fingerprint density at radius 2 is 2.05 bits per heavy atom. The molecule has 0 saturated heterocycles. The van der Waals surface area contributed by atoms with E-state index in [0.717, 1.165) is 5.56 Å². The summed E-state index contributed by atoms with van der Waals surface area (Å²) in [6, 6.07) is 5.20. The van der Waals surface area contributed by atoms with Gasteiger partial charge in [0, 0.05) is 13.6 Å². The molecule has 7 nitrogen and oxygen atoms in total. The SMILES string of the molecule is COc1ccc(CN(C)C(=O)C(C)n2cncn2)cc1OC. The van der Waals surface area contributed by atoms with Gasteiger partial charge in [0.15, 0.2) is 11.5 Å². The molecule has 1 amide bonds. The highest BCUT2D eigenvalue weighted by Gasteiger charge is 2.20. The summed E-state index contributed by atoms with van der Waals surface area (Å²) < 4.78 is 12.0. The second-order valence-electron chi connectivity index (χ2n) is 4.94. The number of methoxy groups -OCH3 is 2. The molecule has 0 aliphatic carbocycles. The van der Waals surface area contributed by atoms with Gasteiger partial charge in [0.2, 0.25) is 5.91 Å². The van der Waals surface area contributed by atoms with Crippen LogP contribution in [0.5, 0.6) is 11.5 Å². The number of hydrogen-bond donors (Lipinski definition) is 0. The number of rotatable bonds is 6. The average Bonchev–Trinajstić information content (AvgIpc) is 3.07. The normalized spacial score (nSPS) is 11.8. The topological polar surface area (TPSA) is 69.5 Å². The molecule has 0 radical (unpaired) electrons.